The van der Waals surface area contributed by atoms with Gasteiger partial charge in [0.05, 0.1) is 5.69 Å². The minimum Gasteiger partial charge on any atom is -0.398 e. The zero-order valence-corrected chi connectivity index (χ0v) is 12.2. The second-order valence-electron chi connectivity index (χ2n) is 4.52. The number of pyridine rings is 1. The van der Waals surface area contributed by atoms with E-state index < -0.39 is 10.0 Å². The van der Waals surface area contributed by atoms with Crippen LogP contribution in [0.4, 0.5) is 5.69 Å². The molecule has 0 aliphatic heterocycles. The van der Waals surface area contributed by atoms with Crippen LogP contribution in [0.3, 0.4) is 0 Å². The number of aromatic nitrogens is 1. The maximum Gasteiger partial charge on any atom is 0.245 e. The summed E-state index contributed by atoms with van der Waals surface area (Å²) < 4.78 is 26.5. The second-order valence-corrected chi connectivity index (χ2v) is 6.48. The lowest BCUT2D eigenvalue weighted by atomic mass is 10.1. The first kappa shape index (κ1) is 14.5. The predicted octanol–water partition coefficient (Wildman–Crippen LogP) is 2.05. The first-order valence-electron chi connectivity index (χ1n) is 6.17. The zero-order chi connectivity index (χ0) is 14.8. The van der Waals surface area contributed by atoms with Crippen molar-refractivity contribution in [2.75, 3.05) is 12.8 Å². The number of nitrogen functional groups attached to an aromatic ring is 1. The van der Waals surface area contributed by atoms with Crippen LogP contribution in [0.2, 0.25) is 0 Å². The molecule has 2 aromatic rings. The number of nitrogens with zero attached hydrogens (tertiary/aromatic N) is 2. The molecule has 0 saturated carbocycles. The van der Waals surface area contributed by atoms with Crippen molar-refractivity contribution in [3.05, 3.63) is 54.4 Å². The molecule has 1 unspecified atom stereocenters. The number of anilines is 1. The smallest absolute Gasteiger partial charge is 0.245 e. The Morgan fingerprint density at radius 2 is 1.75 bits per heavy atom. The highest BCUT2D eigenvalue weighted by Gasteiger charge is 2.27. The Hall–Kier alpha value is -1.92. The fraction of sp³-hybridized carbons (Fsp3) is 0.214. The lowest BCUT2D eigenvalue weighted by Crippen LogP contribution is -2.30. The molecule has 0 radical (unpaired) electrons. The van der Waals surface area contributed by atoms with Crippen LogP contribution in [-0.4, -0.2) is 24.8 Å². The summed E-state index contributed by atoms with van der Waals surface area (Å²) in [5.41, 5.74) is 6.89. The number of hydrogen-bond acceptors (Lipinski definition) is 4. The lowest BCUT2D eigenvalue weighted by Gasteiger charge is -2.25. The molecule has 1 heterocycles. The van der Waals surface area contributed by atoms with Crippen LogP contribution in [0, 0.1) is 0 Å². The number of rotatable bonds is 4. The van der Waals surface area contributed by atoms with Crippen molar-refractivity contribution in [1.82, 2.24) is 9.29 Å². The Morgan fingerprint density at radius 1 is 1.15 bits per heavy atom. The number of hydrogen-bond donors (Lipinski definition) is 1. The summed E-state index contributed by atoms with van der Waals surface area (Å²) in [6.07, 6.45) is 3.28. The molecule has 0 bridgehead atoms. The van der Waals surface area contributed by atoms with Gasteiger partial charge in [-0.3, -0.25) is 4.98 Å². The topological polar surface area (TPSA) is 76.3 Å². The summed E-state index contributed by atoms with van der Waals surface area (Å²) in [4.78, 5) is 4.06. The van der Waals surface area contributed by atoms with E-state index in [0.29, 0.717) is 0 Å². The van der Waals surface area contributed by atoms with Crippen LogP contribution < -0.4 is 5.73 Å². The van der Waals surface area contributed by atoms with Gasteiger partial charge in [-0.2, -0.15) is 4.31 Å². The highest BCUT2D eigenvalue weighted by molar-refractivity contribution is 7.89. The maximum absolute atomic E-state index is 12.6. The standard InChI is InChI=1S/C14H17N3O2S/c1-11(12-7-9-16-10-8-12)17(2)20(18,19)14-6-4-3-5-13(14)15/h3-11H,15H2,1-2H3. The highest BCUT2D eigenvalue weighted by Crippen LogP contribution is 2.27. The number of benzene rings is 1. The van der Waals surface area contributed by atoms with Gasteiger partial charge in [0.2, 0.25) is 10.0 Å². The molecule has 0 aliphatic carbocycles. The van der Waals surface area contributed by atoms with Gasteiger partial charge in [0.25, 0.3) is 0 Å². The van der Waals surface area contributed by atoms with E-state index in [1.54, 1.807) is 49.8 Å². The van der Waals surface area contributed by atoms with Crippen molar-refractivity contribution in [2.24, 2.45) is 0 Å². The largest absolute Gasteiger partial charge is 0.398 e. The Morgan fingerprint density at radius 3 is 2.35 bits per heavy atom. The van der Waals surface area contributed by atoms with E-state index in [1.165, 1.54) is 10.4 Å². The SMILES string of the molecule is CC(c1ccncc1)N(C)S(=O)(=O)c1ccccc1N. The normalized spacial score (nSPS) is 13.3. The summed E-state index contributed by atoms with van der Waals surface area (Å²) in [5.74, 6) is 0. The van der Waals surface area contributed by atoms with Crippen molar-refractivity contribution in [3.8, 4) is 0 Å². The molecule has 2 N–H and O–H groups in total. The van der Waals surface area contributed by atoms with Gasteiger partial charge in [-0.25, -0.2) is 8.42 Å². The monoisotopic (exact) mass is 291 g/mol. The fourth-order valence-electron chi connectivity index (χ4n) is 1.93. The Kier molecular flexibility index (Phi) is 4.06. The van der Waals surface area contributed by atoms with Crippen LogP contribution in [0.1, 0.15) is 18.5 Å². The van der Waals surface area contributed by atoms with Crippen LogP contribution in [0.25, 0.3) is 0 Å². The van der Waals surface area contributed by atoms with Crippen molar-refractivity contribution in [3.63, 3.8) is 0 Å². The third-order valence-electron chi connectivity index (χ3n) is 3.31. The van der Waals surface area contributed by atoms with Crippen LogP contribution in [-0.2, 0) is 10.0 Å². The van der Waals surface area contributed by atoms with Gasteiger partial charge in [0, 0.05) is 25.5 Å². The van der Waals surface area contributed by atoms with Gasteiger partial charge in [-0.15, -0.1) is 0 Å². The molecule has 5 nitrogen and oxygen atoms in total. The minimum absolute atomic E-state index is 0.128. The van der Waals surface area contributed by atoms with E-state index in [-0.39, 0.29) is 16.6 Å². The average molecular weight is 291 g/mol. The molecule has 1 aromatic carbocycles. The molecule has 20 heavy (non-hydrogen) atoms. The molecule has 0 spiro atoms. The Balaban J connectivity index is 2.38. The minimum atomic E-state index is -3.63. The van der Waals surface area contributed by atoms with Gasteiger partial charge in [-0.05, 0) is 36.8 Å². The third kappa shape index (κ3) is 2.66. The molecule has 2 rings (SSSR count). The van der Waals surface area contributed by atoms with E-state index in [4.69, 9.17) is 5.73 Å². The summed E-state index contributed by atoms with van der Waals surface area (Å²) >= 11 is 0. The van der Waals surface area contributed by atoms with Gasteiger partial charge >= 0.3 is 0 Å². The van der Waals surface area contributed by atoms with Gasteiger partial charge < -0.3 is 5.73 Å². The molecule has 1 aromatic heterocycles. The molecule has 0 saturated heterocycles. The molecule has 0 fully saturated rings. The van der Waals surface area contributed by atoms with E-state index in [9.17, 15) is 8.42 Å². The third-order valence-corrected chi connectivity index (χ3v) is 5.31. The van der Waals surface area contributed by atoms with E-state index in [1.807, 2.05) is 6.92 Å². The zero-order valence-electron chi connectivity index (χ0n) is 11.4. The van der Waals surface area contributed by atoms with E-state index in [0.717, 1.165) is 5.56 Å². The molecule has 106 valence electrons. The van der Waals surface area contributed by atoms with Gasteiger partial charge in [0.15, 0.2) is 0 Å². The molecule has 6 heteroatoms. The Bertz CT molecular complexity index is 687. The van der Waals surface area contributed by atoms with Gasteiger partial charge in [-0.1, -0.05) is 12.1 Å². The number of sulfonamides is 1. The van der Waals surface area contributed by atoms with E-state index >= 15 is 0 Å². The second kappa shape index (κ2) is 5.60. The molecule has 0 aliphatic rings. The molecular weight excluding hydrogens is 274 g/mol. The summed E-state index contributed by atoms with van der Waals surface area (Å²) in [5, 5.41) is 0. The average Bonchev–Trinajstić information content (AvgIpc) is 2.47. The van der Waals surface area contributed by atoms with Crippen molar-refractivity contribution >= 4 is 15.7 Å². The van der Waals surface area contributed by atoms with E-state index in [2.05, 4.69) is 4.98 Å². The quantitative estimate of drug-likeness (QED) is 0.875. The fourth-order valence-corrected chi connectivity index (χ4v) is 3.40. The number of nitrogens with two attached hydrogens (primary N) is 1. The van der Waals surface area contributed by atoms with Crippen molar-refractivity contribution in [1.29, 1.82) is 0 Å². The lowest BCUT2D eigenvalue weighted by molar-refractivity contribution is 0.398. The highest BCUT2D eigenvalue weighted by atomic mass is 32.2. The van der Waals surface area contributed by atoms with Crippen LogP contribution >= 0.6 is 0 Å². The first-order valence-corrected chi connectivity index (χ1v) is 7.61. The molecular formula is C14H17N3O2S. The van der Waals surface area contributed by atoms with Crippen LogP contribution in [0.15, 0.2) is 53.7 Å². The summed E-state index contributed by atoms with van der Waals surface area (Å²) in [7, 11) is -2.08. The molecule has 0 amide bonds. The van der Waals surface area contributed by atoms with Crippen molar-refractivity contribution < 1.29 is 8.42 Å². The van der Waals surface area contributed by atoms with Gasteiger partial charge in [0.1, 0.15) is 4.90 Å². The molecule has 1 atom stereocenters. The maximum atomic E-state index is 12.6. The van der Waals surface area contributed by atoms with Crippen molar-refractivity contribution in [2.45, 2.75) is 17.9 Å². The first-order chi connectivity index (χ1) is 9.44. The summed E-state index contributed by atoms with van der Waals surface area (Å²) in [6, 6.07) is 9.76. The number of para-hydroxylation sites is 1. The van der Waals surface area contributed by atoms with Crippen LogP contribution in [0.5, 0.6) is 0 Å². The predicted molar refractivity (Wildman–Crippen MR) is 78.5 cm³/mol. The Labute approximate surface area is 119 Å². The summed E-state index contributed by atoms with van der Waals surface area (Å²) in [6.45, 7) is 1.83.